The Bertz CT molecular complexity index is 671. The SMILES string of the molecule is CC(O)(C(N)=O)c1cccc(CCC(O)CC(C(=O)NO)C2CCCCC2)c1. The molecule has 0 aliphatic heterocycles. The van der Waals surface area contributed by atoms with Crippen molar-refractivity contribution in [1.82, 2.24) is 5.48 Å². The number of aryl methyl sites for hydroxylation is 1. The molecule has 0 heterocycles. The summed E-state index contributed by atoms with van der Waals surface area (Å²) < 4.78 is 0. The smallest absolute Gasteiger partial charge is 0.253 e. The van der Waals surface area contributed by atoms with Gasteiger partial charge in [0.2, 0.25) is 5.91 Å². The minimum atomic E-state index is -1.75. The quantitative estimate of drug-likeness (QED) is 0.323. The number of aliphatic hydroxyl groups is 2. The number of amides is 2. The van der Waals surface area contributed by atoms with Crippen molar-refractivity contribution in [2.45, 2.75) is 70.0 Å². The average Bonchev–Trinajstić information content (AvgIpc) is 2.70. The highest BCUT2D eigenvalue weighted by Gasteiger charge is 2.32. The Morgan fingerprint density at radius 1 is 1.29 bits per heavy atom. The molecule has 2 amide bonds. The van der Waals surface area contributed by atoms with Crippen LogP contribution in [0, 0.1) is 11.8 Å². The summed E-state index contributed by atoms with van der Waals surface area (Å²) in [4.78, 5) is 23.5. The Kier molecular flexibility index (Phi) is 7.98. The van der Waals surface area contributed by atoms with Crippen LogP contribution < -0.4 is 11.2 Å². The molecule has 6 N–H and O–H groups in total. The van der Waals surface area contributed by atoms with Crippen molar-refractivity contribution >= 4 is 11.8 Å². The molecule has 2 rings (SSSR count). The van der Waals surface area contributed by atoms with Gasteiger partial charge in [0.25, 0.3) is 5.91 Å². The summed E-state index contributed by atoms with van der Waals surface area (Å²) >= 11 is 0. The van der Waals surface area contributed by atoms with E-state index < -0.39 is 29.4 Å². The minimum absolute atomic E-state index is 0.185. The molecule has 7 nitrogen and oxygen atoms in total. The third-order valence-electron chi connectivity index (χ3n) is 5.93. The summed E-state index contributed by atoms with van der Waals surface area (Å²) in [6.45, 7) is 1.35. The highest BCUT2D eigenvalue weighted by molar-refractivity contribution is 5.84. The summed E-state index contributed by atoms with van der Waals surface area (Å²) in [5.74, 6) is -1.47. The first-order chi connectivity index (χ1) is 13.3. The Morgan fingerprint density at radius 2 is 1.96 bits per heavy atom. The lowest BCUT2D eigenvalue weighted by Gasteiger charge is -2.30. The van der Waals surface area contributed by atoms with Crippen LogP contribution in [0.3, 0.4) is 0 Å². The number of primary amides is 1. The van der Waals surface area contributed by atoms with E-state index in [-0.39, 0.29) is 5.92 Å². The number of nitrogens with one attached hydrogen (secondary N) is 1. The number of carbonyl (C=O) groups is 2. The summed E-state index contributed by atoms with van der Waals surface area (Å²) in [6, 6.07) is 6.93. The van der Waals surface area contributed by atoms with Gasteiger partial charge in [0.1, 0.15) is 0 Å². The van der Waals surface area contributed by atoms with E-state index >= 15 is 0 Å². The third-order valence-corrected chi connectivity index (χ3v) is 5.93. The van der Waals surface area contributed by atoms with Crippen molar-refractivity contribution in [3.63, 3.8) is 0 Å². The molecule has 7 heteroatoms. The van der Waals surface area contributed by atoms with Gasteiger partial charge in [-0.2, -0.15) is 0 Å². The molecule has 0 spiro atoms. The monoisotopic (exact) mass is 392 g/mol. The number of benzene rings is 1. The van der Waals surface area contributed by atoms with E-state index in [9.17, 15) is 19.8 Å². The first kappa shape index (κ1) is 22.3. The van der Waals surface area contributed by atoms with Gasteiger partial charge in [0, 0.05) is 5.92 Å². The van der Waals surface area contributed by atoms with Gasteiger partial charge in [-0.25, -0.2) is 5.48 Å². The third kappa shape index (κ3) is 5.77. The predicted molar refractivity (Wildman–Crippen MR) is 104 cm³/mol. The van der Waals surface area contributed by atoms with Gasteiger partial charge in [0.05, 0.1) is 6.10 Å². The Hall–Kier alpha value is -1.96. The molecule has 0 bridgehead atoms. The maximum atomic E-state index is 12.1. The fraction of sp³-hybridized carbons (Fsp3) is 0.619. The number of nitrogens with two attached hydrogens (primary N) is 1. The minimum Gasteiger partial charge on any atom is -0.393 e. The normalized spacial score (nSPS) is 19.4. The molecule has 3 unspecified atom stereocenters. The van der Waals surface area contributed by atoms with Crippen LogP contribution >= 0.6 is 0 Å². The van der Waals surface area contributed by atoms with E-state index in [4.69, 9.17) is 10.9 Å². The highest BCUT2D eigenvalue weighted by Crippen LogP contribution is 2.33. The fourth-order valence-corrected chi connectivity index (χ4v) is 4.05. The number of hydroxylamine groups is 1. The van der Waals surface area contributed by atoms with Crippen LogP contribution in [0.15, 0.2) is 24.3 Å². The molecule has 0 aromatic heterocycles. The topological polar surface area (TPSA) is 133 Å². The van der Waals surface area contributed by atoms with E-state index in [1.807, 2.05) is 6.07 Å². The van der Waals surface area contributed by atoms with Crippen LogP contribution in [-0.2, 0) is 21.6 Å². The second-order valence-corrected chi connectivity index (χ2v) is 8.05. The maximum Gasteiger partial charge on any atom is 0.253 e. The first-order valence-electron chi connectivity index (χ1n) is 9.99. The molecule has 1 aromatic rings. The molecule has 156 valence electrons. The number of hydrogen-bond acceptors (Lipinski definition) is 5. The van der Waals surface area contributed by atoms with Crippen LogP contribution in [0.25, 0.3) is 0 Å². The average molecular weight is 392 g/mol. The van der Waals surface area contributed by atoms with Gasteiger partial charge in [-0.05, 0) is 56.1 Å². The number of rotatable bonds is 9. The lowest BCUT2D eigenvalue weighted by molar-refractivity contribution is -0.137. The molecule has 0 saturated heterocycles. The van der Waals surface area contributed by atoms with Gasteiger partial charge in [0.15, 0.2) is 5.60 Å². The lowest BCUT2D eigenvalue weighted by atomic mass is 9.77. The van der Waals surface area contributed by atoms with Crippen molar-refractivity contribution in [3.8, 4) is 0 Å². The molecule has 1 aliphatic carbocycles. The standard InChI is InChI=1S/C21H32N2O5/c1-21(27,20(22)26)16-9-5-6-14(12-16)10-11-17(24)13-18(19(25)23-28)15-7-3-2-4-8-15/h5-6,9,12,15,17-18,24,27-28H,2-4,7-8,10-11,13H2,1H3,(H2,22,26)(H,23,25). The first-order valence-corrected chi connectivity index (χ1v) is 9.99. The van der Waals surface area contributed by atoms with Crippen LogP contribution in [-0.4, -0.2) is 33.3 Å². The second kappa shape index (κ2) is 10.0. The number of hydrogen-bond donors (Lipinski definition) is 5. The number of aliphatic hydroxyl groups excluding tert-OH is 1. The van der Waals surface area contributed by atoms with Gasteiger partial charge in [-0.3, -0.25) is 14.8 Å². The Balaban J connectivity index is 1.97. The zero-order valence-corrected chi connectivity index (χ0v) is 16.4. The Labute approximate surface area is 165 Å². The van der Waals surface area contributed by atoms with Crippen molar-refractivity contribution in [1.29, 1.82) is 0 Å². The van der Waals surface area contributed by atoms with Crippen LogP contribution in [0.1, 0.15) is 63.0 Å². The predicted octanol–water partition coefficient (Wildman–Crippen LogP) is 1.76. The molecule has 1 aliphatic rings. The van der Waals surface area contributed by atoms with Crippen molar-refractivity contribution < 1.29 is 25.0 Å². The maximum absolute atomic E-state index is 12.1. The van der Waals surface area contributed by atoms with Crippen molar-refractivity contribution in [3.05, 3.63) is 35.4 Å². The second-order valence-electron chi connectivity index (χ2n) is 8.05. The van der Waals surface area contributed by atoms with Crippen molar-refractivity contribution in [2.24, 2.45) is 17.6 Å². The van der Waals surface area contributed by atoms with Crippen LogP contribution in [0.4, 0.5) is 0 Å². The highest BCUT2D eigenvalue weighted by atomic mass is 16.5. The molecule has 1 aromatic carbocycles. The summed E-state index contributed by atoms with van der Waals surface area (Å²) in [5, 5.41) is 29.8. The van der Waals surface area contributed by atoms with Gasteiger partial charge >= 0.3 is 0 Å². The zero-order valence-electron chi connectivity index (χ0n) is 16.4. The van der Waals surface area contributed by atoms with Gasteiger partial charge in [-0.15, -0.1) is 0 Å². The zero-order chi connectivity index (χ0) is 20.7. The molecular weight excluding hydrogens is 360 g/mol. The van der Waals surface area contributed by atoms with Crippen LogP contribution in [0.5, 0.6) is 0 Å². The van der Waals surface area contributed by atoms with Gasteiger partial charge in [-0.1, -0.05) is 43.5 Å². The van der Waals surface area contributed by atoms with Crippen molar-refractivity contribution in [2.75, 3.05) is 0 Å². The molecular formula is C21H32N2O5. The molecule has 1 saturated carbocycles. The Morgan fingerprint density at radius 3 is 2.57 bits per heavy atom. The van der Waals surface area contributed by atoms with E-state index in [0.29, 0.717) is 24.8 Å². The van der Waals surface area contributed by atoms with Crippen LogP contribution in [0.2, 0.25) is 0 Å². The molecule has 1 fully saturated rings. The summed E-state index contributed by atoms with van der Waals surface area (Å²) in [5.41, 5.74) is 6.53. The lowest BCUT2D eigenvalue weighted by Crippen LogP contribution is -2.38. The van der Waals surface area contributed by atoms with E-state index in [1.165, 1.54) is 6.92 Å². The van der Waals surface area contributed by atoms with Gasteiger partial charge < -0.3 is 15.9 Å². The summed E-state index contributed by atoms with van der Waals surface area (Å²) in [7, 11) is 0. The molecule has 28 heavy (non-hydrogen) atoms. The van der Waals surface area contributed by atoms with E-state index in [1.54, 1.807) is 23.7 Å². The number of carbonyl (C=O) groups excluding carboxylic acids is 2. The largest absolute Gasteiger partial charge is 0.393 e. The summed E-state index contributed by atoms with van der Waals surface area (Å²) in [6.07, 6.45) is 5.76. The molecule has 0 radical (unpaired) electrons. The fourth-order valence-electron chi connectivity index (χ4n) is 4.05. The van der Waals surface area contributed by atoms with E-state index in [2.05, 4.69) is 0 Å². The molecule has 3 atom stereocenters. The van der Waals surface area contributed by atoms with E-state index in [0.717, 1.165) is 37.7 Å².